The average molecular weight is 347 g/mol. The normalized spacial score (nSPS) is 11.9. The molecule has 1 amide bonds. The zero-order chi connectivity index (χ0) is 15.2. The SMILES string of the molecule is C[C@H](NC(=O)CCc1ccc(N)cc1)c1ccccc1Br. The molecule has 2 aromatic rings. The number of carbonyl (C=O) groups is 1. The van der Waals surface area contributed by atoms with E-state index in [1.807, 2.05) is 55.5 Å². The fourth-order valence-electron chi connectivity index (χ4n) is 2.16. The predicted octanol–water partition coefficient (Wildman–Crippen LogP) is 3.84. The Morgan fingerprint density at radius 3 is 2.52 bits per heavy atom. The van der Waals surface area contributed by atoms with Crippen LogP contribution in [0.25, 0.3) is 0 Å². The van der Waals surface area contributed by atoms with Gasteiger partial charge in [0.15, 0.2) is 0 Å². The summed E-state index contributed by atoms with van der Waals surface area (Å²) < 4.78 is 1.01. The zero-order valence-electron chi connectivity index (χ0n) is 12.0. The van der Waals surface area contributed by atoms with Gasteiger partial charge in [-0.15, -0.1) is 0 Å². The van der Waals surface area contributed by atoms with Gasteiger partial charge in [-0.05, 0) is 42.7 Å². The number of nitrogens with one attached hydrogen (secondary N) is 1. The lowest BCUT2D eigenvalue weighted by Crippen LogP contribution is -2.27. The standard InChI is InChI=1S/C17H19BrN2O/c1-12(15-4-2-3-5-16(15)18)20-17(21)11-8-13-6-9-14(19)10-7-13/h2-7,9-10,12H,8,11,19H2,1H3,(H,20,21)/t12-/m0/s1. The first-order chi connectivity index (χ1) is 10.1. The summed E-state index contributed by atoms with van der Waals surface area (Å²) in [7, 11) is 0. The molecule has 0 aliphatic carbocycles. The van der Waals surface area contributed by atoms with Crippen molar-refractivity contribution in [2.45, 2.75) is 25.8 Å². The molecular formula is C17H19BrN2O. The van der Waals surface area contributed by atoms with Crippen LogP contribution in [0.5, 0.6) is 0 Å². The Labute approximate surface area is 133 Å². The average Bonchev–Trinajstić information content (AvgIpc) is 2.47. The molecule has 0 bridgehead atoms. The second-order valence-electron chi connectivity index (χ2n) is 5.05. The van der Waals surface area contributed by atoms with E-state index in [9.17, 15) is 4.79 Å². The highest BCUT2D eigenvalue weighted by molar-refractivity contribution is 9.10. The van der Waals surface area contributed by atoms with Crippen molar-refractivity contribution in [3.63, 3.8) is 0 Å². The van der Waals surface area contributed by atoms with Crippen LogP contribution in [0.15, 0.2) is 53.0 Å². The molecule has 2 rings (SSSR count). The molecule has 0 aliphatic heterocycles. The van der Waals surface area contributed by atoms with Crippen molar-refractivity contribution in [2.75, 3.05) is 5.73 Å². The van der Waals surface area contributed by atoms with Crippen molar-refractivity contribution < 1.29 is 4.79 Å². The van der Waals surface area contributed by atoms with Crippen molar-refractivity contribution in [2.24, 2.45) is 0 Å². The quantitative estimate of drug-likeness (QED) is 0.808. The van der Waals surface area contributed by atoms with E-state index < -0.39 is 0 Å². The fraction of sp³-hybridized carbons (Fsp3) is 0.235. The molecule has 3 N–H and O–H groups in total. The van der Waals surface area contributed by atoms with Gasteiger partial charge in [0.05, 0.1) is 6.04 Å². The predicted molar refractivity (Wildman–Crippen MR) is 89.9 cm³/mol. The maximum absolute atomic E-state index is 12.0. The van der Waals surface area contributed by atoms with Gasteiger partial charge in [0.2, 0.25) is 5.91 Å². The van der Waals surface area contributed by atoms with Crippen molar-refractivity contribution in [3.8, 4) is 0 Å². The van der Waals surface area contributed by atoms with Gasteiger partial charge in [-0.25, -0.2) is 0 Å². The van der Waals surface area contributed by atoms with Crippen LogP contribution < -0.4 is 11.1 Å². The van der Waals surface area contributed by atoms with E-state index in [4.69, 9.17) is 5.73 Å². The Morgan fingerprint density at radius 2 is 1.86 bits per heavy atom. The molecule has 0 aromatic heterocycles. The van der Waals surface area contributed by atoms with Gasteiger partial charge >= 0.3 is 0 Å². The molecule has 0 saturated carbocycles. The largest absolute Gasteiger partial charge is 0.399 e. The maximum Gasteiger partial charge on any atom is 0.220 e. The Morgan fingerprint density at radius 1 is 1.19 bits per heavy atom. The summed E-state index contributed by atoms with van der Waals surface area (Å²) in [6.07, 6.45) is 1.19. The number of hydrogen-bond acceptors (Lipinski definition) is 2. The molecule has 110 valence electrons. The lowest BCUT2D eigenvalue weighted by Gasteiger charge is -2.15. The van der Waals surface area contributed by atoms with Gasteiger partial charge in [-0.2, -0.15) is 0 Å². The summed E-state index contributed by atoms with van der Waals surface area (Å²) in [6, 6.07) is 15.5. The van der Waals surface area contributed by atoms with Crippen LogP contribution in [0.2, 0.25) is 0 Å². The Bertz CT molecular complexity index is 610. The first kappa shape index (κ1) is 15.6. The summed E-state index contributed by atoms with van der Waals surface area (Å²) >= 11 is 3.51. The number of nitrogen functional groups attached to an aromatic ring is 1. The minimum atomic E-state index is -0.0144. The van der Waals surface area contributed by atoms with Crippen molar-refractivity contribution in [1.82, 2.24) is 5.32 Å². The molecule has 0 unspecified atom stereocenters. The van der Waals surface area contributed by atoms with Crippen LogP contribution in [0.3, 0.4) is 0 Å². The molecule has 1 atom stereocenters. The zero-order valence-corrected chi connectivity index (χ0v) is 13.6. The van der Waals surface area contributed by atoms with Gasteiger partial charge in [0.1, 0.15) is 0 Å². The highest BCUT2D eigenvalue weighted by atomic mass is 79.9. The topological polar surface area (TPSA) is 55.1 Å². The van der Waals surface area contributed by atoms with E-state index >= 15 is 0 Å². The van der Waals surface area contributed by atoms with E-state index in [0.717, 1.165) is 27.7 Å². The van der Waals surface area contributed by atoms with Gasteiger partial charge in [-0.1, -0.05) is 46.3 Å². The molecule has 2 aromatic carbocycles. The fourth-order valence-corrected chi connectivity index (χ4v) is 2.79. The van der Waals surface area contributed by atoms with Crippen molar-refractivity contribution >= 4 is 27.5 Å². The third kappa shape index (κ3) is 4.60. The minimum absolute atomic E-state index is 0.0144. The molecule has 0 saturated heterocycles. The molecular weight excluding hydrogens is 328 g/mol. The summed E-state index contributed by atoms with van der Waals surface area (Å²) in [4.78, 5) is 12.0. The first-order valence-electron chi connectivity index (χ1n) is 6.94. The van der Waals surface area contributed by atoms with Crippen LogP contribution in [0.4, 0.5) is 5.69 Å². The molecule has 0 aliphatic rings. The van der Waals surface area contributed by atoms with E-state index in [-0.39, 0.29) is 11.9 Å². The number of amides is 1. The number of anilines is 1. The number of rotatable bonds is 5. The second kappa shape index (κ2) is 7.27. The lowest BCUT2D eigenvalue weighted by atomic mass is 10.1. The summed E-state index contributed by atoms with van der Waals surface area (Å²) in [5, 5.41) is 3.03. The van der Waals surface area contributed by atoms with Gasteiger partial charge in [-0.3, -0.25) is 4.79 Å². The molecule has 0 radical (unpaired) electrons. The highest BCUT2D eigenvalue weighted by Gasteiger charge is 2.11. The molecule has 3 nitrogen and oxygen atoms in total. The number of benzene rings is 2. The van der Waals surface area contributed by atoms with E-state index in [0.29, 0.717) is 6.42 Å². The van der Waals surface area contributed by atoms with Crippen LogP contribution in [0.1, 0.15) is 30.5 Å². The number of carbonyl (C=O) groups excluding carboxylic acids is 1. The van der Waals surface area contributed by atoms with Crippen LogP contribution >= 0.6 is 15.9 Å². The lowest BCUT2D eigenvalue weighted by molar-refractivity contribution is -0.121. The molecule has 0 heterocycles. The maximum atomic E-state index is 12.0. The Kier molecular flexibility index (Phi) is 5.39. The summed E-state index contributed by atoms with van der Waals surface area (Å²) in [5.74, 6) is 0.0510. The molecule has 0 fully saturated rings. The van der Waals surface area contributed by atoms with E-state index in [2.05, 4.69) is 21.2 Å². The summed E-state index contributed by atoms with van der Waals surface area (Å²) in [5.41, 5.74) is 8.59. The Balaban J connectivity index is 1.87. The monoisotopic (exact) mass is 346 g/mol. The molecule has 21 heavy (non-hydrogen) atoms. The molecule has 4 heteroatoms. The summed E-state index contributed by atoms with van der Waals surface area (Å²) in [6.45, 7) is 1.99. The van der Waals surface area contributed by atoms with Gasteiger partial charge in [0.25, 0.3) is 0 Å². The first-order valence-corrected chi connectivity index (χ1v) is 7.74. The van der Waals surface area contributed by atoms with E-state index in [1.165, 1.54) is 0 Å². The van der Waals surface area contributed by atoms with Gasteiger partial charge in [0, 0.05) is 16.6 Å². The third-order valence-electron chi connectivity index (χ3n) is 3.37. The Hall–Kier alpha value is -1.81. The number of aryl methyl sites for hydroxylation is 1. The van der Waals surface area contributed by atoms with Crippen molar-refractivity contribution in [1.29, 1.82) is 0 Å². The van der Waals surface area contributed by atoms with Gasteiger partial charge < -0.3 is 11.1 Å². The number of nitrogens with two attached hydrogens (primary N) is 1. The van der Waals surface area contributed by atoms with Crippen LogP contribution in [0, 0.1) is 0 Å². The highest BCUT2D eigenvalue weighted by Crippen LogP contribution is 2.22. The number of hydrogen-bond donors (Lipinski definition) is 2. The van der Waals surface area contributed by atoms with Crippen LogP contribution in [-0.2, 0) is 11.2 Å². The third-order valence-corrected chi connectivity index (χ3v) is 4.09. The second-order valence-corrected chi connectivity index (χ2v) is 5.91. The minimum Gasteiger partial charge on any atom is -0.399 e. The van der Waals surface area contributed by atoms with E-state index in [1.54, 1.807) is 0 Å². The smallest absolute Gasteiger partial charge is 0.220 e. The number of halogens is 1. The van der Waals surface area contributed by atoms with Crippen molar-refractivity contribution in [3.05, 3.63) is 64.1 Å². The van der Waals surface area contributed by atoms with Crippen LogP contribution in [-0.4, -0.2) is 5.91 Å². The molecule has 0 spiro atoms.